The zero-order valence-electron chi connectivity index (χ0n) is 14.8. The molecule has 26 heavy (non-hydrogen) atoms. The lowest BCUT2D eigenvalue weighted by Crippen LogP contribution is -2.56. The van der Waals surface area contributed by atoms with Crippen LogP contribution in [-0.4, -0.2) is 78.2 Å². The number of piperazine rings is 1. The van der Waals surface area contributed by atoms with Crippen LogP contribution in [-0.2, 0) is 36.9 Å². The van der Waals surface area contributed by atoms with Gasteiger partial charge in [-0.3, -0.25) is 24.2 Å². The topological polar surface area (TPSA) is 87.2 Å². The van der Waals surface area contributed by atoms with Gasteiger partial charge < -0.3 is 9.64 Å². The van der Waals surface area contributed by atoms with E-state index in [1.54, 1.807) is 0 Å². The number of ether oxygens (including phenoxy) is 1. The van der Waals surface area contributed by atoms with Gasteiger partial charge in [0.2, 0.25) is 17.7 Å². The van der Waals surface area contributed by atoms with Crippen molar-refractivity contribution in [2.75, 3.05) is 33.8 Å². The van der Waals surface area contributed by atoms with E-state index in [9.17, 15) is 19.2 Å². The zero-order chi connectivity index (χ0) is 18.8. The third-order valence-electron chi connectivity index (χ3n) is 4.87. The van der Waals surface area contributed by atoms with E-state index in [4.69, 9.17) is 4.74 Å². The van der Waals surface area contributed by atoms with Crippen LogP contribution in [0, 0.1) is 0 Å². The molecule has 0 bridgehead atoms. The van der Waals surface area contributed by atoms with Gasteiger partial charge in [0, 0.05) is 20.0 Å². The van der Waals surface area contributed by atoms with E-state index >= 15 is 0 Å². The maximum atomic E-state index is 12.8. The predicted molar refractivity (Wildman–Crippen MR) is 90.7 cm³/mol. The van der Waals surface area contributed by atoms with Gasteiger partial charge in [-0.1, -0.05) is 24.3 Å². The minimum absolute atomic E-state index is 0.00129. The molecule has 0 aromatic heterocycles. The Morgan fingerprint density at radius 1 is 1.08 bits per heavy atom. The van der Waals surface area contributed by atoms with Crippen molar-refractivity contribution in [3.8, 4) is 0 Å². The Morgan fingerprint density at radius 2 is 1.69 bits per heavy atom. The summed E-state index contributed by atoms with van der Waals surface area (Å²) in [7, 11) is 2.72. The molecule has 3 rings (SSSR count). The van der Waals surface area contributed by atoms with Crippen molar-refractivity contribution in [1.82, 2.24) is 14.7 Å². The summed E-state index contributed by atoms with van der Waals surface area (Å²) in [6.07, 6.45) is 0.384. The number of rotatable bonds is 3. The van der Waals surface area contributed by atoms with Crippen LogP contribution < -0.4 is 0 Å². The van der Waals surface area contributed by atoms with Crippen molar-refractivity contribution in [1.29, 1.82) is 0 Å². The Labute approximate surface area is 151 Å². The van der Waals surface area contributed by atoms with E-state index in [0.717, 1.165) is 16.0 Å². The molecule has 1 aromatic rings. The summed E-state index contributed by atoms with van der Waals surface area (Å²) in [6, 6.07) is 6.93. The lowest BCUT2D eigenvalue weighted by Gasteiger charge is -2.37. The van der Waals surface area contributed by atoms with E-state index in [1.807, 2.05) is 24.3 Å². The standard InChI is InChI=1S/C18H21N3O5/c1-19-15(22)9-20(10-16(19)23)11-17(24)21-8-13-6-4-3-5-12(13)7-14(21)18(25)26-2/h3-6,14H,7-11H2,1-2H3. The lowest BCUT2D eigenvalue weighted by molar-refractivity contribution is -0.156. The molecule has 0 spiro atoms. The highest BCUT2D eigenvalue weighted by Gasteiger charge is 2.37. The molecule has 1 fully saturated rings. The van der Waals surface area contributed by atoms with Crippen LogP contribution in [0.2, 0.25) is 0 Å². The molecule has 2 aliphatic rings. The van der Waals surface area contributed by atoms with Crippen molar-refractivity contribution in [2.45, 2.75) is 19.0 Å². The minimum atomic E-state index is -0.707. The average molecular weight is 359 g/mol. The van der Waals surface area contributed by atoms with Gasteiger partial charge in [-0.05, 0) is 11.1 Å². The highest BCUT2D eigenvalue weighted by molar-refractivity contribution is 5.99. The van der Waals surface area contributed by atoms with Crippen LogP contribution in [0.1, 0.15) is 11.1 Å². The number of carbonyl (C=O) groups excluding carboxylic acids is 4. The Hall–Kier alpha value is -2.74. The van der Waals surface area contributed by atoms with Crippen molar-refractivity contribution in [3.63, 3.8) is 0 Å². The van der Waals surface area contributed by atoms with E-state index in [0.29, 0.717) is 13.0 Å². The summed E-state index contributed by atoms with van der Waals surface area (Å²) in [5.74, 6) is -1.47. The summed E-state index contributed by atoms with van der Waals surface area (Å²) in [5.41, 5.74) is 1.99. The van der Waals surface area contributed by atoms with Gasteiger partial charge in [-0.25, -0.2) is 4.79 Å². The molecule has 8 heteroatoms. The fourth-order valence-electron chi connectivity index (χ4n) is 3.32. The zero-order valence-corrected chi connectivity index (χ0v) is 14.8. The fourth-order valence-corrected chi connectivity index (χ4v) is 3.32. The second kappa shape index (κ2) is 7.25. The highest BCUT2D eigenvalue weighted by Crippen LogP contribution is 2.24. The molecule has 1 aromatic carbocycles. The van der Waals surface area contributed by atoms with Gasteiger partial charge in [-0.15, -0.1) is 0 Å². The predicted octanol–water partition coefficient (Wildman–Crippen LogP) is -0.586. The summed E-state index contributed by atoms with van der Waals surface area (Å²) in [4.78, 5) is 52.7. The van der Waals surface area contributed by atoms with Crippen LogP contribution in [0.4, 0.5) is 0 Å². The summed E-state index contributed by atoms with van der Waals surface area (Å²) in [5, 5.41) is 0. The van der Waals surface area contributed by atoms with Crippen LogP contribution in [0.25, 0.3) is 0 Å². The Morgan fingerprint density at radius 3 is 2.31 bits per heavy atom. The molecule has 2 aliphatic heterocycles. The minimum Gasteiger partial charge on any atom is -0.467 e. The second-order valence-electron chi connectivity index (χ2n) is 6.53. The van der Waals surface area contributed by atoms with E-state index in [-0.39, 0.29) is 37.4 Å². The highest BCUT2D eigenvalue weighted by atomic mass is 16.5. The number of carbonyl (C=O) groups is 4. The van der Waals surface area contributed by atoms with Gasteiger partial charge >= 0.3 is 5.97 Å². The van der Waals surface area contributed by atoms with E-state index < -0.39 is 12.0 Å². The number of methoxy groups -OCH3 is 1. The molecule has 8 nitrogen and oxygen atoms in total. The summed E-state index contributed by atoms with van der Waals surface area (Å²) < 4.78 is 4.86. The molecular formula is C18H21N3O5. The third-order valence-corrected chi connectivity index (χ3v) is 4.87. The average Bonchev–Trinajstić information content (AvgIpc) is 2.64. The lowest BCUT2D eigenvalue weighted by atomic mass is 9.94. The number of likely N-dealkylation sites (N-methyl/N-ethyl adjacent to an activating group) is 1. The fraction of sp³-hybridized carbons (Fsp3) is 0.444. The first-order valence-electron chi connectivity index (χ1n) is 8.36. The van der Waals surface area contributed by atoms with Crippen molar-refractivity contribution >= 4 is 23.7 Å². The molecule has 0 saturated carbocycles. The van der Waals surface area contributed by atoms with Gasteiger partial charge in [0.05, 0.1) is 26.7 Å². The van der Waals surface area contributed by atoms with Crippen molar-refractivity contribution in [2.24, 2.45) is 0 Å². The molecule has 0 aliphatic carbocycles. The third kappa shape index (κ3) is 3.45. The second-order valence-corrected chi connectivity index (χ2v) is 6.53. The van der Waals surface area contributed by atoms with Crippen LogP contribution in [0.15, 0.2) is 24.3 Å². The molecule has 2 heterocycles. The van der Waals surface area contributed by atoms with Gasteiger partial charge in [0.25, 0.3) is 0 Å². The number of esters is 1. The SMILES string of the molecule is COC(=O)C1Cc2ccccc2CN1C(=O)CN1CC(=O)N(C)C(=O)C1. The Balaban J connectivity index is 1.77. The summed E-state index contributed by atoms with van der Waals surface area (Å²) >= 11 is 0. The number of fused-ring (bicyclic) bond motifs is 1. The molecule has 0 N–H and O–H groups in total. The molecule has 1 unspecified atom stereocenters. The number of nitrogens with zero attached hydrogens (tertiary/aromatic N) is 3. The smallest absolute Gasteiger partial charge is 0.328 e. The maximum absolute atomic E-state index is 12.8. The van der Waals surface area contributed by atoms with Crippen LogP contribution >= 0.6 is 0 Å². The van der Waals surface area contributed by atoms with Gasteiger partial charge in [0.1, 0.15) is 6.04 Å². The number of benzene rings is 1. The molecule has 3 amide bonds. The van der Waals surface area contributed by atoms with Crippen LogP contribution in [0.5, 0.6) is 0 Å². The molecule has 138 valence electrons. The first kappa shape index (κ1) is 18.1. The maximum Gasteiger partial charge on any atom is 0.328 e. The Bertz CT molecular complexity index is 745. The quantitative estimate of drug-likeness (QED) is 0.530. The molecular weight excluding hydrogens is 338 g/mol. The number of imide groups is 1. The molecule has 1 saturated heterocycles. The first-order chi connectivity index (χ1) is 12.4. The Kier molecular flexibility index (Phi) is 5.03. The van der Waals surface area contributed by atoms with E-state index in [1.165, 1.54) is 24.0 Å². The van der Waals surface area contributed by atoms with Gasteiger partial charge in [0.15, 0.2) is 0 Å². The monoisotopic (exact) mass is 359 g/mol. The summed E-state index contributed by atoms with van der Waals surface area (Å²) in [6.45, 7) is 0.202. The van der Waals surface area contributed by atoms with Crippen LogP contribution in [0.3, 0.4) is 0 Å². The molecule has 0 radical (unpaired) electrons. The molecule has 1 atom stereocenters. The largest absolute Gasteiger partial charge is 0.467 e. The number of hydrogen-bond acceptors (Lipinski definition) is 6. The van der Waals surface area contributed by atoms with E-state index in [2.05, 4.69) is 0 Å². The van der Waals surface area contributed by atoms with Crippen molar-refractivity contribution < 1.29 is 23.9 Å². The number of amides is 3. The number of hydrogen-bond donors (Lipinski definition) is 0. The van der Waals surface area contributed by atoms with Crippen molar-refractivity contribution in [3.05, 3.63) is 35.4 Å². The first-order valence-corrected chi connectivity index (χ1v) is 8.36. The van der Waals surface area contributed by atoms with Gasteiger partial charge in [-0.2, -0.15) is 0 Å². The normalized spacial score (nSPS) is 20.8.